The number of amides is 1. The summed E-state index contributed by atoms with van der Waals surface area (Å²) in [5.41, 5.74) is 0. The summed E-state index contributed by atoms with van der Waals surface area (Å²) in [5, 5.41) is 87.1. The molecule has 12 atom stereocenters. The molecule has 462 valence electrons. The van der Waals surface area contributed by atoms with Crippen LogP contribution in [-0.4, -0.2) is 140 Å². The first-order chi connectivity index (χ1) is 38.1. The number of carbonyl (C=O) groups excluding carboxylic acids is 1. The second-order valence-electron chi connectivity index (χ2n) is 23.6. The zero-order valence-corrected chi connectivity index (χ0v) is 49.9. The van der Waals surface area contributed by atoms with Crippen LogP contribution in [0.1, 0.15) is 296 Å². The van der Waals surface area contributed by atoms with Gasteiger partial charge in [0.15, 0.2) is 12.6 Å². The standard InChI is InChI=1S/C64H123NO13/c1-3-5-7-9-11-13-15-17-19-20-21-22-23-24-25-26-27-28-29-30-31-32-33-34-36-38-40-42-44-46-48-56(69)65-52(53(68)47-45-43-41-39-37-35-18-16-14-12-10-8-6-4-2)51-75-63-61(74)59(72)62(55(50-67)77-63)78-64-60(73)58(71)57(70)54(49-66)76-64/h45,47,52-55,57-64,66-68,70-74H,3-44,46,48-51H2,1-2H3,(H,65,69)/b47-45+/t52-,53+,54+,55+,57-,58?,59?,60?,61?,62+,63+,64-/m0/s1. The molecule has 2 aliphatic rings. The van der Waals surface area contributed by atoms with Gasteiger partial charge in [0.25, 0.3) is 0 Å². The minimum absolute atomic E-state index is 0.233. The zero-order valence-electron chi connectivity index (χ0n) is 49.9. The van der Waals surface area contributed by atoms with Gasteiger partial charge in [-0.05, 0) is 19.3 Å². The van der Waals surface area contributed by atoms with E-state index >= 15 is 0 Å². The first kappa shape index (κ1) is 72.8. The van der Waals surface area contributed by atoms with E-state index in [-0.39, 0.29) is 18.9 Å². The Labute approximate surface area is 476 Å². The normalized spacial score (nSPS) is 24.5. The number of unbranched alkanes of at least 4 members (excludes halogenated alkanes) is 41. The molecule has 14 nitrogen and oxygen atoms in total. The predicted octanol–water partition coefficient (Wildman–Crippen LogP) is 12.2. The van der Waals surface area contributed by atoms with E-state index in [0.717, 1.165) is 38.5 Å². The Hall–Kier alpha value is -1.27. The van der Waals surface area contributed by atoms with Crippen molar-refractivity contribution < 1.29 is 64.6 Å². The fraction of sp³-hybridized carbons (Fsp3) is 0.953. The molecule has 0 aliphatic carbocycles. The maximum absolute atomic E-state index is 13.3. The van der Waals surface area contributed by atoms with Gasteiger partial charge in [0, 0.05) is 6.42 Å². The number of aliphatic hydroxyl groups excluding tert-OH is 8. The Morgan fingerprint density at radius 2 is 0.795 bits per heavy atom. The number of rotatable bonds is 54. The molecular weight excluding hydrogens is 991 g/mol. The van der Waals surface area contributed by atoms with Gasteiger partial charge in [-0.25, -0.2) is 0 Å². The highest BCUT2D eigenvalue weighted by molar-refractivity contribution is 5.76. The molecule has 9 N–H and O–H groups in total. The summed E-state index contributed by atoms with van der Waals surface area (Å²) in [6.07, 6.45) is 42.8. The van der Waals surface area contributed by atoms with Gasteiger partial charge in [-0.1, -0.05) is 283 Å². The number of allylic oxidation sites excluding steroid dienone is 1. The quantitative estimate of drug-likeness (QED) is 0.0204. The van der Waals surface area contributed by atoms with Gasteiger partial charge in [-0.2, -0.15) is 0 Å². The van der Waals surface area contributed by atoms with Gasteiger partial charge >= 0.3 is 0 Å². The smallest absolute Gasteiger partial charge is 0.220 e. The van der Waals surface area contributed by atoms with Crippen molar-refractivity contribution in [1.82, 2.24) is 5.32 Å². The molecule has 4 unspecified atom stereocenters. The highest BCUT2D eigenvalue weighted by atomic mass is 16.7. The van der Waals surface area contributed by atoms with Crippen LogP contribution in [0.4, 0.5) is 0 Å². The highest BCUT2D eigenvalue weighted by Gasteiger charge is 2.51. The van der Waals surface area contributed by atoms with Crippen LogP contribution in [0, 0.1) is 0 Å². The second-order valence-corrected chi connectivity index (χ2v) is 23.6. The van der Waals surface area contributed by atoms with Crippen LogP contribution in [0.2, 0.25) is 0 Å². The summed E-state index contributed by atoms with van der Waals surface area (Å²) >= 11 is 0. The Morgan fingerprint density at radius 3 is 1.18 bits per heavy atom. The lowest BCUT2D eigenvalue weighted by Crippen LogP contribution is -2.65. The minimum atomic E-state index is -1.79. The van der Waals surface area contributed by atoms with Crippen molar-refractivity contribution in [2.45, 2.75) is 370 Å². The van der Waals surface area contributed by atoms with Gasteiger partial charge in [-0.3, -0.25) is 4.79 Å². The van der Waals surface area contributed by atoms with Crippen molar-refractivity contribution in [3.63, 3.8) is 0 Å². The van der Waals surface area contributed by atoms with Crippen LogP contribution < -0.4 is 5.32 Å². The van der Waals surface area contributed by atoms with E-state index in [9.17, 15) is 45.6 Å². The van der Waals surface area contributed by atoms with Gasteiger partial charge in [0.05, 0.1) is 32.0 Å². The molecule has 2 aliphatic heterocycles. The van der Waals surface area contributed by atoms with Crippen molar-refractivity contribution >= 4 is 5.91 Å². The average molecular weight is 1110 g/mol. The maximum Gasteiger partial charge on any atom is 0.220 e. The fourth-order valence-corrected chi connectivity index (χ4v) is 11.2. The summed E-state index contributed by atoms with van der Waals surface area (Å²) in [5.74, 6) is -0.233. The summed E-state index contributed by atoms with van der Waals surface area (Å²) in [7, 11) is 0. The van der Waals surface area contributed by atoms with Crippen molar-refractivity contribution in [2.75, 3.05) is 19.8 Å². The van der Waals surface area contributed by atoms with Crippen molar-refractivity contribution in [3.8, 4) is 0 Å². The molecule has 2 saturated heterocycles. The van der Waals surface area contributed by atoms with Gasteiger partial charge in [0.1, 0.15) is 48.8 Å². The molecule has 0 aromatic carbocycles. The van der Waals surface area contributed by atoms with Crippen LogP contribution in [0.15, 0.2) is 12.2 Å². The average Bonchev–Trinajstić information content (AvgIpc) is 3.48. The number of aliphatic hydroxyl groups is 8. The third-order valence-corrected chi connectivity index (χ3v) is 16.5. The molecule has 1 amide bonds. The number of ether oxygens (including phenoxy) is 4. The number of hydrogen-bond acceptors (Lipinski definition) is 13. The van der Waals surface area contributed by atoms with Gasteiger partial charge in [-0.15, -0.1) is 0 Å². The van der Waals surface area contributed by atoms with Crippen molar-refractivity contribution in [2.24, 2.45) is 0 Å². The fourth-order valence-electron chi connectivity index (χ4n) is 11.2. The molecule has 0 aromatic rings. The van der Waals surface area contributed by atoms with E-state index in [1.165, 1.54) is 231 Å². The predicted molar refractivity (Wildman–Crippen MR) is 314 cm³/mol. The third-order valence-electron chi connectivity index (χ3n) is 16.5. The van der Waals surface area contributed by atoms with E-state index < -0.39 is 86.8 Å². The molecule has 0 bridgehead atoms. The molecule has 0 radical (unpaired) electrons. The highest BCUT2D eigenvalue weighted by Crippen LogP contribution is 2.30. The molecule has 0 saturated carbocycles. The van der Waals surface area contributed by atoms with Crippen molar-refractivity contribution in [3.05, 3.63) is 12.2 Å². The zero-order chi connectivity index (χ0) is 56.7. The summed E-state index contributed by atoms with van der Waals surface area (Å²) in [6, 6.07) is -0.909. The number of hydrogen-bond donors (Lipinski definition) is 9. The van der Waals surface area contributed by atoms with E-state index in [1.54, 1.807) is 6.08 Å². The molecule has 0 aromatic heterocycles. The van der Waals surface area contributed by atoms with Crippen LogP contribution >= 0.6 is 0 Å². The molecule has 78 heavy (non-hydrogen) atoms. The second kappa shape index (κ2) is 50.3. The Balaban J connectivity index is 1.64. The lowest BCUT2D eigenvalue weighted by molar-refractivity contribution is -0.359. The first-order valence-electron chi connectivity index (χ1n) is 32.9. The lowest BCUT2D eigenvalue weighted by atomic mass is 9.97. The Kier molecular flexibility index (Phi) is 46.9. The minimum Gasteiger partial charge on any atom is -0.394 e. The maximum atomic E-state index is 13.3. The lowest BCUT2D eigenvalue weighted by Gasteiger charge is -2.46. The number of carbonyl (C=O) groups is 1. The largest absolute Gasteiger partial charge is 0.394 e. The molecule has 2 fully saturated rings. The third kappa shape index (κ3) is 35.0. The van der Waals surface area contributed by atoms with E-state index in [4.69, 9.17) is 18.9 Å². The molecule has 2 heterocycles. The monoisotopic (exact) mass is 1110 g/mol. The molecule has 2 rings (SSSR count). The van der Waals surface area contributed by atoms with E-state index in [2.05, 4.69) is 19.2 Å². The number of nitrogens with one attached hydrogen (secondary N) is 1. The summed E-state index contributed by atoms with van der Waals surface area (Å²) in [4.78, 5) is 13.3. The SMILES string of the molecule is CCCCCCCCCCCCCC/C=C/[C@@H](O)[C@H](CO[C@@H]1O[C@H](CO)[C@@H](O[C@@H]2O[C@H](CO)[C@H](O)C(O)C2O)C(O)C1O)NC(=O)CCCCCCCCCCCCCCCCCCCCCCCCCCCCCCCC. The summed E-state index contributed by atoms with van der Waals surface area (Å²) < 4.78 is 22.8. The van der Waals surface area contributed by atoms with E-state index in [1.807, 2.05) is 6.08 Å². The van der Waals surface area contributed by atoms with Crippen LogP contribution in [0.5, 0.6) is 0 Å². The molecular formula is C64H123NO13. The molecule has 0 spiro atoms. The Bertz CT molecular complexity index is 1360. The molecule has 14 heteroatoms. The van der Waals surface area contributed by atoms with Crippen LogP contribution in [-0.2, 0) is 23.7 Å². The first-order valence-corrected chi connectivity index (χ1v) is 32.9. The Morgan fingerprint density at radius 1 is 0.449 bits per heavy atom. The van der Waals surface area contributed by atoms with Gasteiger partial charge < -0.3 is 65.1 Å². The van der Waals surface area contributed by atoms with Gasteiger partial charge in [0.2, 0.25) is 5.91 Å². The topological polar surface area (TPSA) is 228 Å². The van der Waals surface area contributed by atoms with Crippen LogP contribution in [0.3, 0.4) is 0 Å². The van der Waals surface area contributed by atoms with Crippen LogP contribution in [0.25, 0.3) is 0 Å². The van der Waals surface area contributed by atoms with Crippen molar-refractivity contribution in [1.29, 1.82) is 0 Å². The summed E-state index contributed by atoms with van der Waals surface area (Å²) in [6.45, 7) is 2.83. The van der Waals surface area contributed by atoms with E-state index in [0.29, 0.717) is 6.42 Å².